The lowest BCUT2D eigenvalue weighted by Crippen LogP contribution is -2.40. The second-order valence-corrected chi connectivity index (χ2v) is 4.61. The molecule has 2 amide bonds. The Morgan fingerprint density at radius 2 is 2.30 bits per heavy atom. The number of carbonyl (C=O) groups is 1. The Morgan fingerprint density at radius 1 is 1.45 bits per heavy atom. The van der Waals surface area contributed by atoms with E-state index in [1.54, 1.807) is 17.1 Å². The van der Waals surface area contributed by atoms with Crippen LogP contribution in [-0.2, 0) is 6.54 Å². The van der Waals surface area contributed by atoms with Gasteiger partial charge in [-0.25, -0.2) is 14.5 Å². The molecule has 106 valence electrons. The van der Waals surface area contributed by atoms with Gasteiger partial charge >= 0.3 is 6.03 Å². The van der Waals surface area contributed by atoms with Crippen LogP contribution in [0.3, 0.4) is 0 Å². The molecule has 20 heavy (non-hydrogen) atoms. The summed E-state index contributed by atoms with van der Waals surface area (Å²) in [4.78, 5) is 15.9. The third-order valence-corrected chi connectivity index (χ3v) is 2.99. The summed E-state index contributed by atoms with van der Waals surface area (Å²) < 4.78 is 1.68. The fraction of sp³-hybridized carbons (Fsp3) is 0.357. The molecule has 0 bridgehead atoms. The molecule has 0 saturated heterocycles. The van der Waals surface area contributed by atoms with Gasteiger partial charge < -0.3 is 10.6 Å². The molecule has 1 atom stereocenters. The quantitative estimate of drug-likeness (QED) is 0.873. The maximum atomic E-state index is 11.6. The van der Waals surface area contributed by atoms with Gasteiger partial charge in [0.15, 0.2) is 5.82 Å². The van der Waals surface area contributed by atoms with Gasteiger partial charge in [0.05, 0.1) is 0 Å². The zero-order chi connectivity index (χ0) is 14.4. The van der Waals surface area contributed by atoms with Crippen LogP contribution in [0.1, 0.15) is 25.8 Å². The standard InChI is InChI=1S/C14H19N5O/c1-3-11(2)18-14(20)16-10-12-5-7-15-13(9-12)19-8-4-6-17-19/h4-9,11H,3,10H2,1-2H3,(H2,16,18,20). The van der Waals surface area contributed by atoms with E-state index in [9.17, 15) is 4.79 Å². The van der Waals surface area contributed by atoms with Gasteiger partial charge in [0.2, 0.25) is 0 Å². The molecule has 2 heterocycles. The molecule has 6 nitrogen and oxygen atoms in total. The van der Waals surface area contributed by atoms with Crippen LogP contribution in [0.2, 0.25) is 0 Å². The van der Waals surface area contributed by atoms with Crippen molar-refractivity contribution in [3.8, 4) is 5.82 Å². The van der Waals surface area contributed by atoms with E-state index in [-0.39, 0.29) is 12.1 Å². The minimum Gasteiger partial charge on any atom is -0.336 e. The smallest absolute Gasteiger partial charge is 0.315 e. The molecule has 2 N–H and O–H groups in total. The molecule has 6 heteroatoms. The average Bonchev–Trinajstić information content (AvgIpc) is 2.99. The van der Waals surface area contributed by atoms with E-state index in [1.165, 1.54) is 0 Å². The van der Waals surface area contributed by atoms with E-state index in [4.69, 9.17) is 0 Å². The minimum absolute atomic E-state index is 0.156. The molecule has 2 rings (SSSR count). The van der Waals surface area contributed by atoms with Gasteiger partial charge in [0, 0.05) is 31.2 Å². The third-order valence-electron chi connectivity index (χ3n) is 2.99. The number of carbonyl (C=O) groups excluding carboxylic acids is 1. The Hall–Kier alpha value is -2.37. The van der Waals surface area contributed by atoms with Crippen molar-refractivity contribution < 1.29 is 4.79 Å². The predicted molar refractivity (Wildman–Crippen MR) is 76.5 cm³/mol. The lowest BCUT2D eigenvalue weighted by Gasteiger charge is -2.12. The Bertz CT molecular complexity index is 552. The van der Waals surface area contributed by atoms with Crippen molar-refractivity contribution in [3.05, 3.63) is 42.4 Å². The fourth-order valence-electron chi connectivity index (χ4n) is 1.66. The van der Waals surface area contributed by atoms with Gasteiger partial charge in [-0.3, -0.25) is 0 Å². The molecule has 2 aromatic heterocycles. The molecule has 0 radical (unpaired) electrons. The van der Waals surface area contributed by atoms with Crippen LogP contribution in [0.4, 0.5) is 4.79 Å². The van der Waals surface area contributed by atoms with Crippen molar-refractivity contribution in [2.75, 3.05) is 0 Å². The van der Waals surface area contributed by atoms with Crippen LogP contribution in [0.5, 0.6) is 0 Å². The van der Waals surface area contributed by atoms with Gasteiger partial charge in [0.25, 0.3) is 0 Å². The van der Waals surface area contributed by atoms with Crippen LogP contribution < -0.4 is 10.6 Å². The minimum atomic E-state index is -0.156. The lowest BCUT2D eigenvalue weighted by atomic mass is 10.2. The van der Waals surface area contributed by atoms with Crippen LogP contribution in [-0.4, -0.2) is 26.8 Å². The number of aromatic nitrogens is 3. The number of pyridine rings is 1. The predicted octanol–water partition coefficient (Wildman–Crippen LogP) is 1.87. The Morgan fingerprint density at radius 3 is 3.00 bits per heavy atom. The van der Waals surface area contributed by atoms with Crippen LogP contribution >= 0.6 is 0 Å². The molecule has 0 aliphatic carbocycles. The summed E-state index contributed by atoms with van der Waals surface area (Å²) in [7, 11) is 0. The first kappa shape index (κ1) is 14.0. The second kappa shape index (κ2) is 6.70. The zero-order valence-corrected chi connectivity index (χ0v) is 11.7. The first-order valence-corrected chi connectivity index (χ1v) is 6.68. The lowest BCUT2D eigenvalue weighted by molar-refractivity contribution is 0.237. The van der Waals surface area contributed by atoms with Crippen molar-refractivity contribution in [2.45, 2.75) is 32.9 Å². The molecule has 0 aliphatic rings. The monoisotopic (exact) mass is 273 g/mol. The number of hydrogen-bond donors (Lipinski definition) is 2. The molecule has 0 saturated carbocycles. The van der Waals surface area contributed by atoms with E-state index in [0.717, 1.165) is 17.8 Å². The SMILES string of the molecule is CCC(C)NC(=O)NCc1ccnc(-n2cccn2)c1. The first-order valence-electron chi connectivity index (χ1n) is 6.68. The molecule has 2 aromatic rings. The van der Waals surface area contributed by atoms with Gasteiger partial charge in [0.1, 0.15) is 0 Å². The summed E-state index contributed by atoms with van der Waals surface area (Å²) in [6.45, 7) is 4.46. The summed E-state index contributed by atoms with van der Waals surface area (Å²) in [5.74, 6) is 0.733. The number of rotatable bonds is 5. The normalized spacial score (nSPS) is 11.9. The molecule has 0 fully saturated rings. The third kappa shape index (κ3) is 3.81. The number of nitrogens with one attached hydrogen (secondary N) is 2. The van der Waals surface area contributed by atoms with Crippen LogP contribution in [0, 0.1) is 0 Å². The van der Waals surface area contributed by atoms with E-state index < -0.39 is 0 Å². The maximum Gasteiger partial charge on any atom is 0.315 e. The summed E-state index contributed by atoms with van der Waals surface area (Å²) in [6.07, 6.45) is 6.15. The zero-order valence-electron chi connectivity index (χ0n) is 11.7. The molecule has 1 unspecified atom stereocenters. The second-order valence-electron chi connectivity index (χ2n) is 4.61. The summed E-state index contributed by atoms with van der Waals surface area (Å²) >= 11 is 0. The van der Waals surface area contributed by atoms with Crippen molar-refractivity contribution >= 4 is 6.03 Å². The van der Waals surface area contributed by atoms with Crippen molar-refractivity contribution in [3.63, 3.8) is 0 Å². The Labute approximate surface area is 118 Å². The number of urea groups is 1. The topological polar surface area (TPSA) is 71.8 Å². The van der Waals surface area contributed by atoms with E-state index in [0.29, 0.717) is 6.54 Å². The maximum absolute atomic E-state index is 11.6. The number of nitrogens with zero attached hydrogens (tertiary/aromatic N) is 3. The number of hydrogen-bond acceptors (Lipinski definition) is 3. The van der Waals surface area contributed by atoms with E-state index in [1.807, 2.05) is 38.2 Å². The van der Waals surface area contributed by atoms with Crippen LogP contribution in [0.15, 0.2) is 36.8 Å². The van der Waals surface area contributed by atoms with E-state index >= 15 is 0 Å². The van der Waals surface area contributed by atoms with E-state index in [2.05, 4.69) is 20.7 Å². The largest absolute Gasteiger partial charge is 0.336 e. The van der Waals surface area contributed by atoms with Gasteiger partial charge in [-0.2, -0.15) is 5.10 Å². The van der Waals surface area contributed by atoms with Gasteiger partial charge in [-0.1, -0.05) is 6.92 Å². The van der Waals surface area contributed by atoms with Crippen molar-refractivity contribution in [1.29, 1.82) is 0 Å². The first-order chi connectivity index (χ1) is 9.69. The number of amides is 2. The summed E-state index contributed by atoms with van der Waals surface area (Å²) in [5.41, 5.74) is 0.977. The summed E-state index contributed by atoms with van der Waals surface area (Å²) in [6, 6.07) is 5.63. The highest BCUT2D eigenvalue weighted by molar-refractivity contribution is 5.74. The van der Waals surface area contributed by atoms with Crippen molar-refractivity contribution in [2.24, 2.45) is 0 Å². The van der Waals surface area contributed by atoms with Gasteiger partial charge in [-0.05, 0) is 37.1 Å². The molecule has 0 spiro atoms. The van der Waals surface area contributed by atoms with Crippen molar-refractivity contribution in [1.82, 2.24) is 25.4 Å². The summed E-state index contributed by atoms with van der Waals surface area (Å²) in [5, 5.41) is 9.82. The highest BCUT2D eigenvalue weighted by Gasteiger charge is 2.05. The van der Waals surface area contributed by atoms with Gasteiger partial charge in [-0.15, -0.1) is 0 Å². The average molecular weight is 273 g/mol. The highest BCUT2D eigenvalue weighted by Crippen LogP contribution is 2.05. The Balaban J connectivity index is 1.94. The molecular formula is C14H19N5O. The molecular weight excluding hydrogens is 254 g/mol. The highest BCUT2D eigenvalue weighted by atomic mass is 16.2. The molecule has 0 aliphatic heterocycles. The Kier molecular flexibility index (Phi) is 4.70. The fourth-order valence-corrected chi connectivity index (χ4v) is 1.66. The van der Waals surface area contributed by atoms with Crippen LogP contribution in [0.25, 0.3) is 5.82 Å². The molecule has 0 aromatic carbocycles.